The van der Waals surface area contributed by atoms with Crippen molar-refractivity contribution < 1.29 is 18.3 Å². The summed E-state index contributed by atoms with van der Waals surface area (Å²) in [6, 6.07) is 5.18. The van der Waals surface area contributed by atoms with E-state index in [0.717, 1.165) is 43.8 Å². The third-order valence-electron chi connectivity index (χ3n) is 4.68. The van der Waals surface area contributed by atoms with E-state index in [2.05, 4.69) is 4.90 Å². The maximum absolute atomic E-state index is 12.5. The molecule has 2 nitrogen and oxygen atoms in total. The Morgan fingerprint density at radius 1 is 1.20 bits per heavy atom. The molecule has 0 aliphatic carbocycles. The molecule has 0 spiro atoms. The van der Waals surface area contributed by atoms with Crippen molar-refractivity contribution in [1.82, 2.24) is 4.90 Å². The summed E-state index contributed by atoms with van der Waals surface area (Å²) in [7, 11) is 0. The molecule has 2 aliphatic rings. The van der Waals surface area contributed by atoms with Gasteiger partial charge >= 0.3 is 6.18 Å². The molecule has 0 amide bonds. The van der Waals surface area contributed by atoms with E-state index in [1.165, 1.54) is 12.1 Å². The van der Waals surface area contributed by atoms with Crippen LogP contribution in [0.5, 0.6) is 0 Å². The number of rotatable bonds is 2. The number of nitrogens with zero attached hydrogens (tertiary/aromatic N) is 1. The predicted molar refractivity (Wildman–Crippen MR) is 69.3 cm³/mol. The average Bonchev–Trinajstić information content (AvgIpc) is 2.80. The first kappa shape index (κ1) is 13.9. The molecule has 2 aliphatic heterocycles. The van der Waals surface area contributed by atoms with Gasteiger partial charge in [-0.3, -0.25) is 0 Å². The van der Waals surface area contributed by atoms with Gasteiger partial charge in [-0.25, -0.2) is 0 Å². The molecule has 0 aromatic heterocycles. The van der Waals surface area contributed by atoms with Crippen LogP contribution in [0.15, 0.2) is 24.3 Å². The van der Waals surface area contributed by atoms with Crippen LogP contribution in [0, 0.1) is 5.92 Å². The molecule has 1 aromatic rings. The standard InChI is InChI=1S/C15H18F3NO/c16-15(17,18)12-3-1-11(2-4-12)9-14(20)6-8-19-7-5-13(14)10-19/h1-4,13,20H,5-10H2. The molecule has 5 heteroatoms. The van der Waals surface area contributed by atoms with Crippen LogP contribution >= 0.6 is 0 Å². The second-order valence-corrected chi connectivity index (χ2v) is 6.01. The second-order valence-electron chi connectivity index (χ2n) is 6.01. The smallest absolute Gasteiger partial charge is 0.389 e. The fourth-order valence-electron chi connectivity index (χ4n) is 3.43. The second kappa shape index (κ2) is 4.74. The van der Waals surface area contributed by atoms with Crippen LogP contribution in [0.25, 0.3) is 0 Å². The Kier molecular flexibility index (Phi) is 3.29. The minimum atomic E-state index is -4.30. The molecule has 2 heterocycles. The first-order valence-electron chi connectivity index (χ1n) is 6.98. The van der Waals surface area contributed by atoms with Gasteiger partial charge in [0.2, 0.25) is 0 Å². The summed E-state index contributed by atoms with van der Waals surface area (Å²) in [4.78, 5) is 2.34. The molecule has 1 N–H and O–H groups in total. The van der Waals surface area contributed by atoms with Crippen LogP contribution in [0.3, 0.4) is 0 Å². The Morgan fingerprint density at radius 3 is 2.55 bits per heavy atom. The van der Waals surface area contributed by atoms with Gasteiger partial charge in [-0.2, -0.15) is 13.2 Å². The summed E-state index contributed by atoms with van der Waals surface area (Å²) < 4.78 is 37.6. The molecule has 2 fully saturated rings. The molecule has 2 bridgehead atoms. The van der Waals surface area contributed by atoms with E-state index in [0.29, 0.717) is 12.8 Å². The topological polar surface area (TPSA) is 23.5 Å². The lowest BCUT2D eigenvalue weighted by molar-refractivity contribution is -0.137. The summed E-state index contributed by atoms with van der Waals surface area (Å²) in [6.07, 6.45) is -2.16. The fourth-order valence-corrected chi connectivity index (χ4v) is 3.43. The van der Waals surface area contributed by atoms with Crippen LogP contribution in [-0.4, -0.2) is 35.2 Å². The molecule has 110 valence electrons. The van der Waals surface area contributed by atoms with E-state index in [4.69, 9.17) is 0 Å². The summed E-state index contributed by atoms with van der Waals surface area (Å²) in [5, 5.41) is 10.8. The molecular formula is C15H18F3NO. The largest absolute Gasteiger partial charge is 0.416 e. The van der Waals surface area contributed by atoms with Gasteiger partial charge in [0.1, 0.15) is 0 Å². The molecule has 2 saturated heterocycles. The van der Waals surface area contributed by atoms with Gasteiger partial charge in [-0.15, -0.1) is 0 Å². The highest BCUT2D eigenvalue weighted by atomic mass is 19.4. The molecule has 0 saturated carbocycles. The minimum Gasteiger partial charge on any atom is -0.389 e. The zero-order valence-corrected chi connectivity index (χ0v) is 11.2. The summed E-state index contributed by atoms with van der Waals surface area (Å²) >= 11 is 0. The Labute approximate surface area is 116 Å². The van der Waals surface area contributed by atoms with E-state index < -0.39 is 17.3 Å². The Balaban J connectivity index is 1.74. The molecule has 3 rings (SSSR count). The summed E-state index contributed by atoms with van der Waals surface area (Å²) in [5.74, 6) is 0.249. The molecular weight excluding hydrogens is 267 g/mol. The Morgan fingerprint density at radius 2 is 1.90 bits per heavy atom. The van der Waals surface area contributed by atoms with E-state index >= 15 is 0 Å². The van der Waals surface area contributed by atoms with E-state index in [-0.39, 0.29) is 5.92 Å². The van der Waals surface area contributed by atoms with E-state index in [1.807, 2.05) is 0 Å². The van der Waals surface area contributed by atoms with Crippen LogP contribution in [0.1, 0.15) is 24.0 Å². The lowest BCUT2D eigenvalue weighted by Gasteiger charge is -2.39. The van der Waals surface area contributed by atoms with Gasteiger partial charge in [0.05, 0.1) is 11.2 Å². The van der Waals surface area contributed by atoms with E-state index in [1.54, 1.807) is 0 Å². The molecule has 20 heavy (non-hydrogen) atoms. The molecule has 0 radical (unpaired) electrons. The normalized spacial score (nSPS) is 33.4. The van der Waals surface area contributed by atoms with Gasteiger partial charge in [0.25, 0.3) is 0 Å². The Bertz CT molecular complexity index is 485. The number of fused-ring (bicyclic) bond motifs is 2. The van der Waals surface area contributed by atoms with Crippen molar-refractivity contribution in [2.45, 2.75) is 31.0 Å². The third-order valence-corrected chi connectivity index (χ3v) is 4.68. The summed E-state index contributed by atoms with van der Waals surface area (Å²) in [5.41, 5.74) is -0.614. The SMILES string of the molecule is OC1(Cc2ccc(C(F)(F)F)cc2)CCN2CCC1C2. The first-order valence-corrected chi connectivity index (χ1v) is 6.98. The van der Waals surface area contributed by atoms with Crippen molar-refractivity contribution in [2.75, 3.05) is 19.6 Å². The maximum Gasteiger partial charge on any atom is 0.416 e. The van der Waals surface area contributed by atoms with Crippen molar-refractivity contribution in [3.8, 4) is 0 Å². The van der Waals surface area contributed by atoms with Crippen LogP contribution in [0.4, 0.5) is 13.2 Å². The van der Waals surface area contributed by atoms with Crippen molar-refractivity contribution in [1.29, 1.82) is 0 Å². The third kappa shape index (κ3) is 2.56. The van der Waals surface area contributed by atoms with Crippen molar-refractivity contribution in [3.05, 3.63) is 35.4 Å². The minimum absolute atomic E-state index is 0.249. The molecule has 3 unspecified atom stereocenters. The number of aliphatic hydroxyl groups is 1. The first-order chi connectivity index (χ1) is 9.37. The zero-order chi connectivity index (χ0) is 14.4. The van der Waals surface area contributed by atoms with Gasteiger partial charge in [0, 0.05) is 25.4 Å². The van der Waals surface area contributed by atoms with Crippen LogP contribution in [0.2, 0.25) is 0 Å². The van der Waals surface area contributed by atoms with Crippen LogP contribution < -0.4 is 0 Å². The maximum atomic E-state index is 12.5. The quantitative estimate of drug-likeness (QED) is 0.903. The highest BCUT2D eigenvalue weighted by molar-refractivity contribution is 5.26. The molecule has 1 aromatic carbocycles. The molecule has 3 atom stereocenters. The highest BCUT2D eigenvalue weighted by Crippen LogP contribution is 2.38. The number of halogens is 3. The zero-order valence-electron chi connectivity index (χ0n) is 11.2. The van der Waals surface area contributed by atoms with Gasteiger partial charge in [0.15, 0.2) is 0 Å². The van der Waals surface area contributed by atoms with Crippen LogP contribution in [-0.2, 0) is 12.6 Å². The average molecular weight is 285 g/mol. The predicted octanol–water partition coefficient (Wildman–Crippen LogP) is 2.70. The number of alkyl halides is 3. The van der Waals surface area contributed by atoms with Gasteiger partial charge < -0.3 is 10.0 Å². The van der Waals surface area contributed by atoms with Gasteiger partial charge in [-0.1, -0.05) is 12.1 Å². The number of hydrogen-bond acceptors (Lipinski definition) is 2. The Hall–Kier alpha value is -1.07. The van der Waals surface area contributed by atoms with Gasteiger partial charge in [-0.05, 0) is 37.1 Å². The summed E-state index contributed by atoms with van der Waals surface area (Å²) in [6.45, 7) is 2.82. The monoisotopic (exact) mass is 285 g/mol. The lowest BCUT2D eigenvalue weighted by Crippen LogP contribution is -2.47. The van der Waals surface area contributed by atoms with Crippen molar-refractivity contribution in [3.63, 3.8) is 0 Å². The lowest BCUT2D eigenvalue weighted by atomic mass is 9.78. The highest BCUT2D eigenvalue weighted by Gasteiger charge is 2.44. The van der Waals surface area contributed by atoms with Crippen molar-refractivity contribution in [2.24, 2.45) is 5.92 Å². The number of piperidine rings is 1. The fraction of sp³-hybridized carbons (Fsp3) is 0.600. The number of benzene rings is 1. The van der Waals surface area contributed by atoms with Crippen molar-refractivity contribution >= 4 is 0 Å². The van der Waals surface area contributed by atoms with E-state index in [9.17, 15) is 18.3 Å². The number of hydrogen-bond donors (Lipinski definition) is 1.